The fourth-order valence-corrected chi connectivity index (χ4v) is 3.41. The van der Waals surface area contributed by atoms with Gasteiger partial charge in [-0.1, -0.05) is 18.2 Å². The predicted molar refractivity (Wildman–Crippen MR) is 118 cm³/mol. The average molecular weight is 455 g/mol. The highest BCUT2D eigenvalue weighted by Crippen LogP contribution is 2.19. The number of carboxylic acids is 1. The largest absolute Gasteiger partial charge is 0.480 e. The van der Waals surface area contributed by atoms with Crippen molar-refractivity contribution in [3.63, 3.8) is 0 Å². The number of amides is 3. The molecular formula is C21H25N7O5. The Morgan fingerprint density at radius 2 is 1.76 bits per heavy atom. The highest BCUT2D eigenvalue weighted by Gasteiger charge is 2.29. The Hall–Kier alpha value is -4.19. The number of hydrogen-bond acceptors (Lipinski definition) is 6. The summed E-state index contributed by atoms with van der Waals surface area (Å²) in [7, 11) is 0. The molecule has 9 N–H and O–H groups in total. The van der Waals surface area contributed by atoms with Gasteiger partial charge in [-0.15, -0.1) is 0 Å². The molecular weight excluding hydrogens is 430 g/mol. The van der Waals surface area contributed by atoms with Crippen molar-refractivity contribution in [3.8, 4) is 0 Å². The molecule has 12 heteroatoms. The van der Waals surface area contributed by atoms with Crippen LogP contribution in [0.1, 0.15) is 17.7 Å². The van der Waals surface area contributed by atoms with Crippen molar-refractivity contribution in [3.05, 3.63) is 54.2 Å². The van der Waals surface area contributed by atoms with Crippen LogP contribution in [0.15, 0.2) is 43.0 Å². The lowest BCUT2D eigenvalue weighted by atomic mass is 10.0. The van der Waals surface area contributed by atoms with Crippen molar-refractivity contribution < 1.29 is 24.3 Å². The topological polar surface area (TPSA) is 209 Å². The number of aromatic nitrogens is 3. The molecule has 0 aliphatic rings. The molecule has 3 aromatic rings. The monoisotopic (exact) mass is 455 g/mol. The number of nitrogens with zero attached hydrogens (tertiary/aromatic N) is 1. The number of carbonyl (C=O) groups is 4. The molecule has 3 amide bonds. The van der Waals surface area contributed by atoms with E-state index in [0.29, 0.717) is 5.69 Å². The van der Waals surface area contributed by atoms with E-state index in [2.05, 4.69) is 25.6 Å². The van der Waals surface area contributed by atoms with Crippen LogP contribution in [0, 0.1) is 0 Å². The summed E-state index contributed by atoms with van der Waals surface area (Å²) in [5, 5.41) is 15.0. The van der Waals surface area contributed by atoms with Crippen molar-refractivity contribution in [2.24, 2.45) is 11.5 Å². The number of para-hydroxylation sites is 1. The lowest BCUT2D eigenvalue weighted by molar-refractivity contribution is -0.143. The summed E-state index contributed by atoms with van der Waals surface area (Å²) in [5.74, 6) is -3.70. The zero-order chi connectivity index (χ0) is 24.0. The van der Waals surface area contributed by atoms with Gasteiger partial charge in [-0.2, -0.15) is 0 Å². The summed E-state index contributed by atoms with van der Waals surface area (Å²) in [6.07, 6.45) is 4.32. The quantitative estimate of drug-likeness (QED) is 0.190. The standard InChI is InChI=1S/C21H25N7O5/c22-14(6-12-9-24-10-26-12)19(30)27-16(20(31)28-17(21(32)33)7-18(23)29)5-11-8-25-15-4-2-1-3-13(11)15/h1-4,8-10,14,16-17,25H,5-7,22H2,(H2,23,29)(H,24,26)(H,27,30)(H,28,31)(H,32,33)/t14-,16-,17-/m0/s1. The molecule has 3 rings (SSSR count). The van der Waals surface area contributed by atoms with Gasteiger partial charge in [0.1, 0.15) is 12.1 Å². The maximum Gasteiger partial charge on any atom is 0.326 e. The van der Waals surface area contributed by atoms with E-state index in [-0.39, 0.29) is 12.8 Å². The van der Waals surface area contributed by atoms with E-state index in [9.17, 15) is 24.3 Å². The molecule has 0 saturated heterocycles. The van der Waals surface area contributed by atoms with Gasteiger partial charge in [0.05, 0.1) is 18.8 Å². The van der Waals surface area contributed by atoms with Crippen molar-refractivity contribution in [2.75, 3.05) is 0 Å². The number of primary amides is 1. The lowest BCUT2D eigenvalue weighted by Crippen LogP contribution is -2.56. The van der Waals surface area contributed by atoms with Crippen molar-refractivity contribution in [1.82, 2.24) is 25.6 Å². The zero-order valence-corrected chi connectivity index (χ0v) is 17.6. The van der Waals surface area contributed by atoms with Crippen LogP contribution in [0.2, 0.25) is 0 Å². The Balaban J connectivity index is 1.80. The van der Waals surface area contributed by atoms with Crippen LogP contribution in [0.25, 0.3) is 10.9 Å². The summed E-state index contributed by atoms with van der Waals surface area (Å²) >= 11 is 0. The SMILES string of the molecule is NC(=O)C[C@H](NC(=O)[C@H](Cc1c[nH]c2ccccc12)NC(=O)[C@@H](N)Cc1cnc[nH]1)C(=O)O. The third kappa shape index (κ3) is 6.17. The number of imidazole rings is 1. The summed E-state index contributed by atoms with van der Waals surface area (Å²) in [6.45, 7) is 0. The van der Waals surface area contributed by atoms with E-state index in [4.69, 9.17) is 11.5 Å². The normalized spacial score (nSPS) is 13.7. The molecule has 0 saturated carbocycles. The Labute approximate surface area is 188 Å². The van der Waals surface area contributed by atoms with Crippen LogP contribution in [0.3, 0.4) is 0 Å². The highest BCUT2D eigenvalue weighted by atomic mass is 16.4. The van der Waals surface area contributed by atoms with Gasteiger partial charge in [-0.05, 0) is 11.6 Å². The Morgan fingerprint density at radius 3 is 2.42 bits per heavy atom. The van der Waals surface area contributed by atoms with E-state index >= 15 is 0 Å². The molecule has 0 bridgehead atoms. The van der Waals surface area contributed by atoms with Crippen molar-refractivity contribution >= 4 is 34.6 Å². The number of nitrogens with one attached hydrogen (secondary N) is 4. The molecule has 0 unspecified atom stereocenters. The minimum absolute atomic E-state index is 0.0568. The maximum absolute atomic E-state index is 13.0. The van der Waals surface area contributed by atoms with Crippen molar-refractivity contribution in [1.29, 1.82) is 0 Å². The molecule has 2 heterocycles. The molecule has 12 nitrogen and oxygen atoms in total. The number of H-pyrrole nitrogens is 2. The Kier molecular flexibility index (Phi) is 7.41. The number of rotatable bonds is 11. The van der Waals surface area contributed by atoms with Crippen LogP contribution >= 0.6 is 0 Å². The van der Waals surface area contributed by atoms with Gasteiger partial charge < -0.3 is 37.2 Å². The molecule has 0 radical (unpaired) electrons. The van der Waals surface area contributed by atoms with Gasteiger partial charge in [-0.25, -0.2) is 9.78 Å². The first-order chi connectivity index (χ1) is 15.7. The van der Waals surface area contributed by atoms with Crippen molar-refractivity contribution in [2.45, 2.75) is 37.4 Å². The van der Waals surface area contributed by atoms with E-state index in [1.165, 1.54) is 12.5 Å². The number of nitrogens with two attached hydrogens (primary N) is 2. The van der Waals surface area contributed by atoms with Crippen LogP contribution < -0.4 is 22.1 Å². The minimum atomic E-state index is -1.53. The molecule has 1 aromatic carbocycles. The number of carboxylic acid groups (broad SMARTS) is 1. The van der Waals surface area contributed by atoms with Gasteiger partial charge in [0, 0.05) is 41.8 Å². The smallest absolute Gasteiger partial charge is 0.326 e. The number of fused-ring (bicyclic) bond motifs is 1. The molecule has 0 aliphatic carbocycles. The number of aliphatic carboxylic acids is 1. The van der Waals surface area contributed by atoms with E-state index in [1.54, 1.807) is 6.20 Å². The van der Waals surface area contributed by atoms with E-state index in [1.807, 2.05) is 24.3 Å². The second-order valence-electron chi connectivity index (χ2n) is 7.58. The minimum Gasteiger partial charge on any atom is -0.480 e. The number of benzene rings is 1. The van der Waals surface area contributed by atoms with Crippen LogP contribution in [0.5, 0.6) is 0 Å². The molecule has 0 spiro atoms. The fourth-order valence-electron chi connectivity index (χ4n) is 3.41. The summed E-state index contributed by atoms with van der Waals surface area (Å²) in [6, 6.07) is 3.74. The average Bonchev–Trinajstić information content (AvgIpc) is 3.42. The number of hydrogen-bond donors (Lipinski definition) is 7. The van der Waals surface area contributed by atoms with E-state index in [0.717, 1.165) is 16.5 Å². The predicted octanol–water partition coefficient (Wildman–Crippen LogP) is -1.07. The second-order valence-corrected chi connectivity index (χ2v) is 7.58. The van der Waals surface area contributed by atoms with Gasteiger partial charge in [0.15, 0.2) is 0 Å². The van der Waals surface area contributed by atoms with Gasteiger partial charge in [0.25, 0.3) is 0 Å². The first-order valence-electron chi connectivity index (χ1n) is 10.1. The summed E-state index contributed by atoms with van der Waals surface area (Å²) in [4.78, 5) is 58.1. The fraction of sp³-hybridized carbons (Fsp3) is 0.286. The molecule has 174 valence electrons. The number of carbonyl (C=O) groups excluding carboxylic acids is 3. The van der Waals surface area contributed by atoms with Gasteiger partial charge in [0.2, 0.25) is 17.7 Å². The van der Waals surface area contributed by atoms with Crippen LogP contribution in [-0.4, -0.2) is 61.9 Å². The molecule has 2 aromatic heterocycles. The third-order valence-corrected chi connectivity index (χ3v) is 5.08. The molecule has 33 heavy (non-hydrogen) atoms. The second kappa shape index (κ2) is 10.4. The van der Waals surface area contributed by atoms with Gasteiger partial charge in [-0.3, -0.25) is 14.4 Å². The third-order valence-electron chi connectivity index (χ3n) is 5.08. The number of aromatic amines is 2. The first-order valence-corrected chi connectivity index (χ1v) is 10.1. The molecule has 3 atom stereocenters. The summed E-state index contributed by atoms with van der Waals surface area (Å²) in [5.41, 5.74) is 13.3. The maximum atomic E-state index is 13.0. The van der Waals surface area contributed by atoms with Crippen LogP contribution in [-0.2, 0) is 32.0 Å². The lowest BCUT2D eigenvalue weighted by Gasteiger charge is -2.22. The zero-order valence-electron chi connectivity index (χ0n) is 17.6. The molecule has 0 fully saturated rings. The Morgan fingerprint density at radius 1 is 1.03 bits per heavy atom. The van der Waals surface area contributed by atoms with E-state index < -0.39 is 48.2 Å². The van der Waals surface area contributed by atoms with Gasteiger partial charge >= 0.3 is 5.97 Å². The Bertz CT molecular complexity index is 1140. The first kappa shape index (κ1) is 23.5. The highest BCUT2D eigenvalue weighted by molar-refractivity contribution is 5.94. The summed E-state index contributed by atoms with van der Waals surface area (Å²) < 4.78 is 0. The van der Waals surface area contributed by atoms with Crippen LogP contribution in [0.4, 0.5) is 0 Å². The molecule has 0 aliphatic heterocycles.